The fourth-order valence-electron chi connectivity index (χ4n) is 3.27. The summed E-state index contributed by atoms with van der Waals surface area (Å²) in [6, 6.07) is 18.5. The van der Waals surface area contributed by atoms with Gasteiger partial charge in [0.05, 0.1) is 0 Å². The predicted molar refractivity (Wildman–Crippen MR) is 114 cm³/mol. The average molecular weight is 372 g/mol. The topological polar surface area (TPSA) is 58.2 Å². The summed E-state index contributed by atoms with van der Waals surface area (Å²) >= 11 is 0. The van der Waals surface area contributed by atoms with E-state index in [0.717, 1.165) is 33.6 Å². The van der Waals surface area contributed by atoms with Crippen LogP contribution in [0.25, 0.3) is 0 Å². The van der Waals surface area contributed by atoms with Gasteiger partial charge in [0.15, 0.2) is 0 Å². The highest BCUT2D eigenvalue weighted by Gasteiger charge is 2.10. The predicted octanol–water partition coefficient (Wildman–Crippen LogP) is 5.42. The van der Waals surface area contributed by atoms with Crippen LogP contribution < -0.4 is 10.6 Å². The first kappa shape index (κ1) is 19.4. The summed E-state index contributed by atoms with van der Waals surface area (Å²) in [6.45, 7) is 7.97. The second-order valence-electron chi connectivity index (χ2n) is 7.24. The molecule has 0 unspecified atom stereocenters. The molecule has 0 radical (unpaired) electrons. The van der Waals surface area contributed by atoms with Crippen molar-refractivity contribution in [1.82, 2.24) is 0 Å². The van der Waals surface area contributed by atoms with Gasteiger partial charge in [-0.05, 0) is 98.5 Å². The molecular weight excluding hydrogens is 348 g/mol. The normalized spacial score (nSPS) is 10.4. The van der Waals surface area contributed by atoms with Crippen LogP contribution in [0.3, 0.4) is 0 Å². The third kappa shape index (κ3) is 4.86. The summed E-state index contributed by atoms with van der Waals surface area (Å²) in [5, 5.41) is 5.80. The maximum absolute atomic E-state index is 12.5. The van der Waals surface area contributed by atoms with Crippen LogP contribution in [0.4, 0.5) is 11.4 Å². The van der Waals surface area contributed by atoms with Crippen LogP contribution >= 0.6 is 0 Å². The Hall–Kier alpha value is -3.40. The molecule has 0 spiro atoms. The molecule has 0 saturated carbocycles. The quantitative estimate of drug-likeness (QED) is 0.642. The van der Waals surface area contributed by atoms with E-state index < -0.39 is 0 Å². The van der Waals surface area contributed by atoms with Crippen molar-refractivity contribution in [3.05, 3.63) is 94.0 Å². The Bertz CT molecular complexity index is 912. The lowest BCUT2D eigenvalue weighted by atomic mass is 10.1. The zero-order valence-corrected chi connectivity index (χ0v) is 16.6. The van der Waals surface area contributed by atoms with Crippen LogP contribution in [0, 0.1) is 27.7 Å². The molecule has 0 heterocycles. The SMILES string of the molecule is Cc1cc(C)cc(NC(=O)c2ccc(C(=O)Nc3cc(C)cc(C)c3)cc2)c1. The van der Waals surface area contributed by atoms with Gasteiger partial charge in [-0.1, -0.05) is 12.1 Å². The molecule has 4 heteroatoms. The number of amides is 2. The molecule has 142 valence electrons. The van der Waals surface area contributed by atoms with Crippen LogP contribution in [0.1, 0.15) is 43.0 Å². The maximum atomic E-state index is 12.5. The standard InChI is InChI=1S/C24H24N2O2/c1-15-9-16(2)12-21(11-15)25-23(27)19-5-7-20(8-6-19)24(28)26-22-13-17(3)10-18(4)14-22/h5-14H,1-4H3,(H,25,27)(H,26,28). The lowest BCUT2D eigenvalue weighted by molar-refractivity contribution is 0.101. The monoisotopic (exact) mass is 372 g/mol. The van der Waals surface area contributed by atoms with Gasteiger partial charge in [-0.25, -0.2) is 0 Å². The van der Waals surface area contributed by atoms with Gasteiger partial charge >= 0.3 is 0 Å². The van der Waals surface area contributed by atoms with Gasteiger partial charge in [0.2, 0.25) is 0 Å². The minimum atomic E-state index is -0.203. The minimum absolute atomic E-state index is 0.203. The first-order chi connectivity index (χ1) is 13.3. The van der Waals surface area contributed by atoms with E-state index in [9.17, 15) is 9.59 Å². The molecule has 2 amide bonds. The highest BCUT2D eigenvalue weighted by atomic mass is 16.2. The zero-order chi connectivity index (χ0) is 20.3. The van der Waals surface area contributed by atoms with Crippen LogP contribution in [-0.4, -0.2) is 11.8 Å². The summed E-state index contributed by atoms with van der Waals surface area (Å²) in [4.78, 5) is 24.9. The van der Waals surface area contributed by atoms with E-state index in [4.69, 9.17) is 0 Å². The third-order valence-electron chi connectivity index (χ3n) is 4.37. The number of anilines is 2. The fraction of sp³-hybridized carbons (Fsp3) is 0.167. The maximum Gasteiger partial charge on any atom is 0.255 e. The molecule has 28 heavy (non-hydrogen) atoms. The Balaban J connectivity index is 1.69. The molecule has 2 N–H and O–H groups in total. The Morgan fingerprint density at radius 3 is 1.11 bits per heavy atom. The first-order valence-electron chi connectivity index (χ1n) is 9.19. The van der Waals surface area contributed by atoms with Crippen LogP contribution in [0.5, 0.6) is 0 Å². The van der Waals surface area contributed by atoms with Crippen molar-refractivity contribution in [2.75, 3.05) is 10.6 Å². The van der Waals surface area contributed by atoms with Gasteiger partial charge < -0.3 is 10.6 Å². The van der Waals surface area contributed by atoms with Crippen molar-refractivity contribution < 1.29 is 9.59 Å². The number of carbonyl (C=O) groups excluding carboxylic acids is 2. The van der Waals surface area contributed by atoms with Crippen molar-refractivity contribution in [2.24, 2.45) is 0 Å². The molecular formula is C24H24N2O2. The highest BCUT2D eigenvalue weighted by molar-refractivity contribution is 6.07. The Labute approximate surface area is 165 Å². The molecule has 0 aliphatic carbocycles. The molecule has 4 nitrogen and oxygen atoms in total. The summed E-state index contributed by atoms with van der Waals surface area (Å²) in [5.41, 5.74) is 6.90. The largest absolute Gasteiger partial charge is 0.322 e. The van der Waals surface area contributed by atoms with E-state index >= 15 is 0 Å². The van der Waals surface area contributed by atoms with E-state index in [2.05, 4.69) is 22.8 Å². The number of carbonyl (C=O) groups is 2. The number of rotatable bonds is 4. The lowest BCUT2D eigenvalue weighted by Gasteiger charge is -2.09. The van der Waals surface area contributed by atoms with Gasteiger partial charge in [0.25, 0.3) is 11.8 Å². The molecule has 0 aliphatic rings. The summed E-state index contributed by atoms with van der Waals surface area (Å²) in [5.74, 6) is -0.405. The molecule has 3 aromatic carbocycles. The van der Waals surface area contributed by atoms with Crippen LogP contribution in [0.15, 0.2) is 60.7 Å². The van der Waals surface area contributed by atoms with Crippen molar-refractivity contribution in [3.8, 4) is 0 Å². The Kier molecular flexibility index (Phi) is 5.59. The smallest absolute Gasteiger partial charge is 0.255 e. The number of benzene rings is 3. The van der Waals surface area contributed by atoms with E-state index in [1.54, 1.807) is 24.3 Å². The van der Waals surface area contributed by atoms with E-state index in [0.29, 0.717) is 11.1 Å². The third-order valence-corrected chi connectivity index (χ3v) is 4.37. The van der Waals surface area contributed by atoms with Crippen LogP contribution in [0.2, 0.25) is 0 Å². The van der Waals surface area contributed by atoms with Gasteiger partial charge in [-0.15, -0.1) is 0 Å². The van der Waals surface area contributed by atoms with Gasteiger partial charge in [-0.2, -0.15) is 0 Å². The molecule has 3 aromatic rings. The van der Waals surface area contributed by atoms with Crippen molar-refractivity contribution in [3.63, 3.8) is 0 Å². The summed E-state index contributed by atoms with van der Waals surface area (Å²) in [6.07, 6.45) is 0. The molecule has 0 saturated heterocycles. The van der Waals surface area contributed by atoms with Gasteiger partial charge in [-0.3, -0.25) is 9.59 Å². The van der Waals surface area contributed by atoms with E-state index in [1.807, 2.05) is 52.0 Å². The number of hydrogen-bond acceptors (Lipinski definition) is 2. The molecule has 0 aliphatic heterocycles. The molecule has 3 rings (SSSR count). The fourth-order valence-corrected chi connectivity index (χ4v) is 3.27. The van der Waals surface area contributed by atoms with Crippen LogP contribution in [-0.2, 0) is 0 Å². The second-order valence-corrected chi connectivity index (χ2v) is 7.24. The molecule has 0 aromatic heterocycles. The van der Waals surface area contributed by atoms with Gasteiger partial charge in [0.1, 0.15) is 0 Å². The summed E-state index contributed by atoms with van der Waals surface area (Å²) in [7, 11) is 0. The minimum Gasteiger partial charge on any atom is -0.322 e. The number of nitrogens with one attached hydrogen (secondary N) is 2. The highest BCUT2D eigenvalue weighted by Crippen LogP contribution is 2.17. The van der Waals surface area contributed by atoms with Gasteiger partial charge in [0, 0.05) is 22.5 Å². The molecule has 0 fully saturated rings. The molecule has 0 bridgehead atoms. The summed E-state index contributed by atoms with van der Waals surface area (Å²) < 4.78 is 0. The van der Waals surface area contributed by atoms with E-state index in [-0.39, 0.29) is 11.8 Å². The van der Waals surface area contributed by atoms with Crippen molar-refractivity contribution in [1.29, 1.82) is 0 Å². The first-order valence-corrected chi connectivity index (χ1v) is 9.19. The lowest BCUT2D eigenvalue weighted by Crippen LogP contribution is -2.14. The van der Waals surface area contributed by atoms with Crippen molar-refractivity contribution in [2.45, 2.75) is 27.7 Å². The zero-order valence-electron chi connectivity index (χ0n) is 16.6. The van der Waals surface area contributed by atoms with E-state index in [1.165, 1.54) is 0 Å². The average Bonchev–Trinajstić information content (AvgIpc) is 2.60. The number of aryl methyl sites for hydroxylation is 4. The Morgan fingerprint density at radius 2 is 0.821 bits per heavy atom. The molecule has 0 atom stereocenters. The Morgan fingerprint density at radius 1 is 0.536 bits per heavy atom. The number of hydrogen-bond donors (Lipinski definition) is 2. The van der Waals surface area contributed by atoms with Crippen molar-refractivity contribution >= 4 is 23.2 Å². The second kappa shape index (κ2) is 8.09.